The van der Waals surface area contributed by atoms with Crippen molar-refractivity contribution in [2.24, 2.45) is 0 Å². The van der Waals surface area contributed by atoms with Gasteiger partial charge in [-0.3, -0.25) is 4.79 Å². The van der Waals surface area contributed by atoms with Crippen molar-refractivity contribution in [1.29, 1.82) is 0 Å². The number of nitrogens with two attached hydrogens (primary N) is 1. The second-order valence-electron chi connectivity index (χ2n) is 6.94. The minimum atomic E-state index is -0.239. The van der Waals surface area contributed by atoms with Crippen LogP contribution in [-0.2, 0) is 11.3 Å². The highest BCUT2D eigenvalue weighted by molar-refractivity contribution is 7.98. The third-order valence-corrected chi connectivity index (χ3v) is 5.53. The summed E-state index contributed by atoms with van der Waals surface area (Å²) >= 11 is 1.38. The largest absolute Gasteiger partial charge is 0.497 e. The number of aryl methyl sites for hydroxylation is 1. The monoisotopic (exact) mass is 450 g/mol. The van der Waals surface area contributed by atoms with Crippen LogP contribution in [0.15, 0.2) is 58.1 Å². The number of para-hydroxylation sites is 1. The fourth-order valence-electron chi connectivity index (χ4n) is 3.14. The number of anilines is 2. The van der Waals surface area contributed by atoms with Crippen molar-refractivity contribution in [2.45, 2.75) is 18.5 Å². The summed E-state index contributed by atoms with van der Waals surface area (Å²) < 4.78 is 12.1. The van der Waals surface area contributed by atoms with E-state index in [-0.39, 0.29) is 24.2 Å². The number of nitrogens with zero attached hydrogens (tertiary/aromatic N) is 4. The summed E-state index contributed by atoms with van der Waals surface area (Å²) in [6, 6.07) is 14.9. The number of carbonyl (C=O) groups is 1. The van der Waals surface area contributed by atoms with Gasteiger partial charge >= 0.3 is 0 Å². The van der Waals surface area contributed by atoms with Gasteiger partial charge < -0.3 is 20.3 Å². The molecule has 0 fully saturated rings. The van der Waals surface area contributed by atoms with Gasteiger partial charge in [0.15, 0.2) is 0 Å². The standard InChI is InChI=1S/C22H22N6O3S/c1-13-6-4-5-7-16(13)24-17(29)12-28-19(23)18(22(26-28)32-3)21-25-20(27-31-21)14-8-10-15(30-2)11-9-14/h4-11H,12,23H2,1-3H3,(H,24,29). The molecule has 2 heterocycles. The molecule has 0 unspecified atom stereocenters. The molecule has 0 aliphatic rings. The highest BCUT2D eigenvalue weighted by Gasteiger charge is 2.24. The molecule has 4 aromatic rings. The molecule has 0 spiro atoms. The summed E-state index contributed by atoms with van der Waals surface area (Å²) in [5.41, 5.74) is 9.33. The Morgan fingerprint density at radius 1 is 1.22 bits per heavy atom. The van der Waals surface area contributed by atoms with Crippen LogP contribution in [0.3, 0.4) is 0 Å². The Morgan fingerprint density at radius 2 is 1.97 bits per heavy atom. The summed E-state index contributed by atoms with van der Waals surface area (Å²) in [5.74, 6) is 1.43. The smallest absolute Gasteiger partial charge is 0.264 e. The van der Waals surface area contributed by atoms with Gasteiger partial charge in [-0.15, -0.1) is 11.8 Å². The highest BCUT2D eigenvalue weighted by atomic mass is 32.2. The summed E-state index contributed by atoms with van der Waals surface area (Å²) in [6.45, 7) is 1.88. The lowest BCUT2D eigenvalue weighted by Crippen LogP contribution is -2.21. The number of benzene rings is 2. The van der Waals surface area contributed by atoms with Crippen LogP contribution in [0.25, 0.3) is 22.8 Å². The first-order chi connectivity index (χ1) is 15.5. The lowest BCUT2D eigenvalue weighted by Gasteiger charge is -2.08. The van der Waals surface area contributed by atoms with Gasteiger partial charge in [0.25, 0.3) is 5.89 Å². The first-order valence-electron chi connectivity index (χ1n) is 9.74. The van der Waals surface area contributed by atoms with Crippen LogP contribution in [0.5, 0.6) is 5.75 Å². The number of aromatic nitrogens is 4. The van der Waals surface area contributed by atoms with E-state index >= 15 is 0 Å². The Morgan fingerprint density at radius 3 is 2.66 bits per heavy atom. The number of carbonyl (C=O) groups excluding carboxylic acids is 1. The molecule has 32 heavy (non-hydrogen) atoms. The molecule has 0 radical (unpaired) electrons. The van der Waals surface area contributed by atoms with Gasteiger partial charge in [-0.05, 0) is 49.1 Å². The number of nitrogen functional groups attached to an aromatic ring is 1. The number of nitrogens with one attached hydrogen (secondary N) is 1. The topological polar surface area (TPSA) is 121 Å². The number of hydrogen-bond donors (Lipinski definition) is 2. The SMILES string of the molecule is COc1ccc(-c2noc(-c3c(SC)nn(CC(=O)Nc4ccccc4C)c3N)n2)cc1. The number of thioether (sulfide) groups is 1. The van der Waals surface area contributed by atoms with Crippen molar-refractivity contribution >= 4 is 29.2 Å². The van der Waals surface area contributed by atoms with Gasteiger partial charge in [-0.1, -0.05) is 23.4 Å². The quantitative estimate of drug-likeness (QED) is 0.407. The molecule has 0 aliphatic carbocycles. The van der Waals surface area contributed by atoms with E-state index in [0.717, 1.165) is 22.6 Å². The fourth-order valence-corrected chi connectivity index (χ4v) is 3.71. The third kappa shape index (κ3) is 4.30. The Balaban J connectivity index is 1.58. The van der Waals surface area contributed by atoms with Crippen molar-refractivity contribution in [1.82, 2.24) is 19.9 Å². The van der Waals surface area contributed by atoms with Gasteiger partial charge in [0.1, 0.15) is 28.7 Å². The molecule has 2 aromatic carbocycles. The van der Waals surface area contributed by atoms with E-state index in [4.69, 9.17) is 15.0 Å². The molecular weight excluding hydrogens is 428 g/mol. The van der Waals surface area contributed by atoms with Gasteiger partial charge in [-0.25, -0.2) is 4.68 Å². The molecule has 4 rings (SSSR count). The molecule has 164 valence electrons. The Labute approximate surface area is 189 Å². The molecule has 9 nitrogen and oxygen atoms in total. The fraction of sp³-hybridized carbons (Fsp3) is 0.182. The predicted octanol–water partition coefficient (Wildman–Crippen LogP) is 3.86. The van der Waals surface area contributed by atoms with Crippen molar-refractivity contribution < 1.29 is 14.1 Å². The first-order valence-corrected chi connectivity index (χ1v) is 11.0. The molecule has 0 saturated carbocycles. The number of methoxy groups -OCH3 is 1. The molecule has 0 saturated heterocycles. The lowest BCUT2D eigenvalue weighted by molar-refractivity contribution is -0.116. The van der Waals surface area contributed by atoms with Crippen molar-refractivity contribution in [3.8, 4) is 28.6 Å². The van der Waals surface area contributed by atoms with Gasteiger partial charge in [0, 0.05) is 11.3 Å². The summed E-state index contributed by atoms with van der Waals surface area (Å²) in [6.07, 6.45) is 1.86. The van der Waals surface area contributed by atoms with E-state index in [0.29, 0.717) is 16.4 Å². The maximum Gasteiger partial charge on any atom is 0.264 e. The third-order valence-electron chi connectivity index (χ3n) is 4.85. The minimum absolute atomic E-state index is 0.0484. The van der Waals surface area contributed by atoms with Crippen LogP contribution in [0.4, 0.5) is 11.5 Å². The minimum Gasteiger partial charge on any atom is -0.497 e. The van der Waals surface area contributed by atoms with E-state index in [2.05, 4.69) is 20.6 Å². The normalized spacial score (nSPS) is 10.8. The molecule has 3 N–H and O–H groups in total. The van der Waals surface area contributed by atoms with E-state index in [1.165, 1.54) is 16.4 Å². The molecule has 0 bridgehead atoms. The number of ether oxygens (including phenoxy) is 1. The zero-order valence-electron chi connectivity index (χ0n) is 17.8. The summed E-state index contributed by atoms with van der Waals surface area (Å²) in [7, 11) is 1.60. The molecule has 10 heteroatoms. The summed E-state index contributed by atoms with van der Waals surface area (Å²) in [5, 5.41) is 12.0. The lowest BCUT2D eigenvalue weighted by atomic mass is 10.2. The Hall–Kier alpha value is -3.79. The average molecular weight is 451 g/mol. The van der Waals surface area contributed by atoms with Crippen LogP contribution in [0, 0.1) is 6.92 Å². The second kappa shape index (κ2) is 9.15. The zero-order valence-corrected chi connectivity index (χ0v) is 18.6. The van der Waals surface area contributed by atoms with Crippen LogP contribution in [0.1, 0.15) is 5.56 Å². The zero-order chi connectivity index (χ0) is 22.7. The van der Waals surface area contributed by atoms with E-state index in [1.807, 2.05) is 61.7 Å². The second-order valence-corrected chi connectivity index (χ2v) is 7.74. The molecule has 0 atom stereocenters. The molecule has 1 amide bonds. The Bertz CT molecular complexity index is 1250. The predicted molar refractivity (Wildman–Crippen MR) is 124 cm³/mol. The van der Waals surface area contributed by atoms with E-state index < -0.39 is 0 Å². The average Bonchev–Trinajstić information content (AvgIpc) is 3.40. The maximum atomic E-state index is 12.6. The molecular formula is C22H22N6O3S. The number of hydrogen-bond acceptors (Lipinski definition) is 8. The van der Waals surface area contributed by atoms with Gasteiger partial charge in [0.05, 0.1) is 7.11 Å². The van der Waals surface area contributed by atoms with E-state index in [9.17, 15) is 4.79 Å². The number of rotatable bonds is 7. The van der Waals surface area contributed by atoms with Crippen LogP contribution < -0.4 is 15.8 Å². The van der Waals surface area contributed by atoms with Crippen LogP contribution in [-0.4, -0.2) is 39.2 Å². The highest BCUT2D eigenvalue weighted by Crippen LogP contribution is 2.35. The van der Waals surface area contributed by atoms with Crippen molar-refractivity contribution in [2.75, 3.05) is 24.4 Å². The first kappa shape index (κ1) is 21.4. The van der Waals surface area contributed by atoms with Crippen molar-refractivity contribution in [3.63, 3.8) is 0 Å². The van der Waals surface area contributed by atoms with Crippen LogP contribution in [0.2, 0.25) is 0 Å². The summed E-state index contributed by atoms with van der Waals surface area (Å²) in [4.78, 5) is 17.1. The van der Waals surface area contributed by atoms with E-state index in [1.54, 1.807) is 7.11 Å². The number of amides is 1. The maximum absolute atomic E-state index is 12.6. The molecule has 2 aromatic heterocycles. The van der Waals surface area contributed by atoms with Crippen molar-refractivity contribution in [3.05, 3.63) is 54.1 Å². The molecule has 0 aliphatic heterocycles. The Kier molecular flexibility index (Phi) is 6.13. The van der Waals surface area contributed by atoms with Gasteiger partial charge in [-0.2, -0.15) is 10.1 Å². The van der Waals surface area contributed by atoms with Crippen LogP contribution >= 0.6 is 11.8 Å². The van der Waals surface area contributed by atoms with Gasteiger partial charge in [0.2, 0.25) is 11.7 Å².